The van der Waals surface area contributed by atoms with Gasteiger partial charge >= 0.3 is 0 Å². The molecule has 0 saturated carbocycles. The Labute approximate surface area is 310 Å². The lowest BCUT2D eigenvalue weighted by molar-refractivity contribution is 0.0476. The molecule has 4 aliphatic carbocycles. The number of hydrogen-bond donors (Lipinski definition) is 2. The van der Waals surface area contributed by atoms with Crippen molar-refractivity contribution >= 4 is 43.2 Å². The zero-order valence-electron chi connectivity index (χ0n) is 29.4. The summed E-state index contributed by atoms with van der Waals surface area (Å²) in [6.07, 6.45) is 23.8. The van der Waals surface area contributed by atoms with E-state index in [1.54, 1.807) is 21.6 Å². The van der Waals surface area contributed by atoms with E-state index in [1.165, 1.54) is 0 Å². The molecular weight excluding hydrogens is 697 g/mol. The minimum atomic E-state index is -1.44. The quantitative estimate of drug-likeness (QED) is 0.224. The first-order chi connectivity index (χ1) is 23.7. The van der Waals surface area contributed by atoms with Crippen LogP contribution in [0.4, 0.5) is 0 Å². The summed E-state index contributed by atoms with van der Waals surface area (Å²) in [5.74, 6) is -1.01. The maximum absolute atomic E-state index is 13.8. The number of benzene rings is 2. The second-order valence-electron chi connectivity index (χ2n) is 14.9. The first-order valence-corrected chi connectivity index (χ1v) is 21.5. The van der Waals surface area contributed by atoms with Gasteiger partial charge in [0.05, 0.1) is 32.1 Å². The molecule has 0 amide bonds. The van der Waals surface area contributed by atoms with Crippen LogP contribution in [0.1, 0.15) is 52.7 Å². The molecule has 6 rings (SSSR count). The molecule has 0 heterocycles. The van der Waals surface area contributed by atoms with Gasteiger partial charge in [0.15, 0.2) is 0 Å². The fourth-order valence-electron chi connectivity index (χ4n) is 7.00. The summed E-state index contributed by atoms with van der Waals surface area (Å²) < 4.78 is 26.6. The molecule has 8 atom stereocenters. The van der Waals surface area contributed by atoms with Gasteiger partial charge in [0.2, 0.25) is 0 Å². The van der Waals surface area contributed by atoms with Crippen LogP contribution in [-0.4, -0.2) is 38.6 Å². The van der Waals surface area contributed by atoms with Crippen LogP contribution in [0.5, 0.6) is 0 Å². The molecule has 6 unspecified atom stereocenters. The molecule has 2 aromatic rings. The van der Waals surface area contributed by atoms with Crippen molar-refractivity contribution in [3.8, 4) is 0 Å². The van der Waals surface area contributed by atoms with Crippen molar-refractivity contribution in [3.63, 3.8) is 0 Å². The summed E-state index contributed by atoms with van der Waals surface area (Å²) >= 11 is 0. The van der Waals surface area contributed by atoms with E-state index in [9.17, 15) is 18.6 Å². The van der Waals surface area contributed by atoms with Gasteiger partial charge in [0, 0.05) is 31.1 Å². The second kappa shape index (κ2) is 14.4. The Bertz CT molecular complexity index is 1760. The lowest BCUT2D eigenvalue weighted by Crippen LogP contribution is -2.42. The molecule has 262 valence electrons. The summed E-state index contributed by atoms with van der Waals surface area (Å²) in [7, 11) is 0.633. The van der Waals surface area contributed by atoms with Crippen molar-refractivity contribution in [2.45, 2.75) is 72.7 Å². The fourth-order valence-corrected chi connectivity index (χ4v) is 12.8. The third-order valence-corrected chi connectivity index (χ3v) is 16.3. The molecule has 0 aliphatic heterocycles. The predicted octanol–water partition coefficient (Wildman–Crippen LogP) is 9.11. The third kappa shape index (κ3) is 6.80. The van der Waals surface area contributed by atoms with Crippen LogP contribution in [0.15, 0.2) is 155 Å². The molecule has 8 heteroatoms. The number of hydrogen-bond acceptors (Lipinski definition) is 6. The van der Waals surface area contributed by atoms with Crippen molar-refractivity contribution in [1.82, 2.24) is 0 Å². The van der Waals surface area contributed by atoms with E-state index in [2.05, 4.69) is 12.2 Å². The van der Waals surface area contributed by atoms with Crippen molar-refractivity contribution in [2.24, 2.45) is 11.8 Å². The minimum Gasteiger partial charge on any atom is -0.380 e. The monoisotopic (exact) mass is 742 g/mol. The van der Waals surface area contributed by atoms with Gasteiger partial charge in [-0.25, -0.2) is 0 Å². The first kappa shape index (κ1) is 37.1. The number of allylic oxidation sites excluding steroid dienone is 8. The Hall–Kier alpha value is -2.72. The van der Waals surface area contributed by atoms with Gasteiger partial charge in [-0.2, -0.15) is 0 Å². The Balaban J connectivity index is 1.31. The van der Waals surface area contributed by atoms with E-state index in [1.807, 2.05) is 163 Å². The van der Waals surface area contributed by atoms with Crippen LogP contribution in [0.2, 0.25) is 0 Å². The standard InChI is InChI=1S/C42H46O4S4/c1-39(2,3)49(45)37-27-15-23-33(37)41(43,29-17-9-7-10-18-29)31-21-13-25-35(31)47-48-36-26-14-22-32(36)42(44,30-19-11-8-12-20-30)34-24-16-28-38(34)50(46)40(4,5)6/h7-28,33-36,43-44H,1-6H3/t33?,34?,35?,36?,41-,42-,49?,50?/m0/s1. The zero-order chi connectivity index (χ0) is 35.9. The minimum absolute atomic E-state index is 0.196. The Morgan fingerprint density at radius 2 is 0.860 bits per heavy atom. The highest BCUT2D eigenvalue weighted by Gasteiger charge is 2.50. The fraction of sp³-hybridized carbons (Fsp3) is 0.333. The van der Waals surface area contributed by atoms with Gasteiger partial charge in [0.1, 0.15) is 11.2 Å². The van der Waals surface area contributed by atoms with Crippen LogP contribution in [0.25, 0.3) is 0 Å². The lowest BCUT2D eigenvalue weighted by Gasteiger charge is -2.41. The number of rotatable bonds is 11. The van der Waals surface area contributed by atoms with E-state index in [-0.39, 0.29) is 10.5 Å². The van der Waals surface area contributed by atoms with Crippen molar-refractivity contribution in [2.75, 3.05) is 0 Å². The molecule has 0 radical (unpaired) electrons. The molecule has 2 aromatic carbocycles. The Morgan fingerprint density at radius 3 is 1.20 bits per heavy atom. The zero-order valence-corrected chi connectivity index (χ0v) is 32.6. The summed E-state index contributed by atoms with van der Waals surface area (Å²) in [5.41, 5.74) is 0.261. The predicted molar refractivity (Wildman–Crippen MR) is 215 cm³/mol. The normalized spacial score (nSPS) is 26.6. The molecule has 4 aliphatic rings. The van der Waals surface area contributed by atoms with Gasteiger partial charge in [-0.15, -0.1) is 0 Å². The van der Waals surface area contributed by atoms with Gasteiger partial charge in [-0.3, -0.25) is 8.42 Å². The SMILES string of the molecule is CC(C)(C)S(=O)C1=CC=CC1[C@@](O)(C1=CC=CC1SSC1C=CC=C1[C@@](O)(c1ccccc1)C1C=CC=C1S(=O)C(C)(C)C)c1ccccc1. The third-order valence-electron chi connectivity index (χ3n) is 9.49. The first-order valence-electron chi connectivity index (χ1n) is 16.9. The van der Waals surface area contributed by atoms with Crippen molar-refractivity contribution in [3.05, 3.63) is 166 Å². The van der Waals surface area contributed by atoms with Crippen LogP contribution in [-0.2, 0) is 32.8 Å². The molecule has 4 nitrogen and oxygen atoms in total. The van der Waals surface area contributed by atoms with Gasteiger partial charge in [-0.05, 0) is 76.0 Å². The van der Waals surface area contributed by atoms with Crippen molar-refractivity contribution in [1.29, 1.82) is 0 Å². The van der Waals surface area contributed by atoms with E-state index in [0.717, 1.165) is 22.3 Å². The second-order valence-corrected chi connectivity index (χ2v) is 22.0. The summed E-state index contributed by atoms with van der Waals surface area (Å²) in [4.78, 5) is 1.43. The summed E-state index contributed by atoms with van der Waals surface area (Å²) in [5, 5.41) is 25.6. The largest absolute Gasteiger partial charge is 0.380 e. The Morgan fingerprint density at radius 1 is 0.520 bits per heavy atom. The van der Waals surface area contributed by atoms with Gasteiger partial charge in [0.25, 0.3) is 0 Å². The van der Waals surface area contributed by atoms with Gasteiger partial charge < -0.3 is 10.2 Å². The molecule has 0 bridgehead atoms. The van der Waals surface area contributed by atoms with E-state index in [0.29, 0.717) is 9.81 Å². The summed E-state index contributed by atoms with van der Waals surface area (Å²) in [6, 6.07) is 19.4. The van der Waals surface area contributed by atoms with E-state index in [4.69, 9.17) is 0 Å². The highest BCUT2D eigenvalue weighted by Crippen LogP contribution is 2.55. The lowest BCUT2D eigenvalue weighted by atomic mass is 9.75. The van der Waals surface area contributed by atoms with E-state index >= 15 is 0 Å². The molecule has 0 saturated heterocycles. The van der Waals surface area contributed by atoms with E-state index < -0.39 is 54.1 Å². The van der Waals surface area contributed by atoms with Crippen molar-refractivity contribution < 1.29 is 18.6 Å². The molecule has 0 fully saturated rings. The van der Waals surface area contributed by atoms with Crippen LogP contribution in [0.3, 0.4) is 0 Å². The molecule has 50 heavy (non-hydrogen) atoms. The van der Waals surface area contributed by atoms with Gasteiger partial charge in [-0.1, -0.05) is 143 Å². The maximum atomic E-state index is 13.8. The highest BCUT2D eigenvalue weighted by atomic mass is 33.1. The van der Waals surface area contributed by atoms with Crippen LogP contribution >= 0.6 is 21.6 Å². The Kier molecular flexibility index (Phi) is 10.6. The molecular formula is C42H46O4S4. The molecule has 0 aromatic heterocycles. The summed E-state index contributed by atoms with van der Waals surface area (Å²) in [6.45, 7) is 11.8. The number of aliphatic hydroxyl groups is 2. The molecule has 0 spiro atoms. The highest BCUT2D eigenvalue weighted by molar-refractivity contribution is 8.77. The van der Waals surface area contributed by atoms with Crippen LogP contribution < -0.4 is 0 Å². The average molecular weight is 743 g/mol. The van der Waals surface area contributed by atoms with Crippen LogP contribution in [0, 0.1) is 11.8 Å². The topological polar surface area (TPSA) is 74.6 Å². The maximum Gasteiger partial charge on any atom is 0.123 e. The average Bonchev–Trinajstić information content (AvgIpc) is 3.93. The molecule has 2 N–H and O–H groups in total. The smallest absolute Gasteiger partial charge is 0.123 e.